The normalized spacial score (nSPS) is 12.6. The van der Waals surface area contributed by atoms with Gasteiger partial charge in [0.1, 0.15) is 5.75 Å². The van der Waals surface area contributed by atoms with Crippen molar-refractivity contribution in [1.82, 2.24) is 20.2 Å². The Kier molecular flexibility index (Phi) is 8.69. The molecule has 3 rings (SSSR count). The summed E-state index contributed by atoms with van der Waals surface area (Å²) in [6, 6.07) is 16.0. The predicted octanol–water partition coefficient (Wildman–Crippen LogP) is 3.51. The second-order valence-corrected chi connectivity index (χ2v) is 7.88. The maximum absolute atomic E-state index is 10.5. The molecule has 170 valence electrons. The van der Waals surface area contributed by atoms with Crippen molar-refractivity contribution in [3.8, 4) is 5.75 Å². The van der Waals surface area contributed by atoms with E-state index in [9.17, 15) is 5.11 Å². The summed E-state index contributed by atoms with van der Waals surface area (Å²) >= 11 is 0. The Morgan fingerprint density at radius 1 is 1.06 bits per heavy atom. The van der Waals surface area contributed by atoms with Crippen molar-refractivity contribution in [2.24, 2.45) is 4.99 Å². The third-order valence-corrected chi connectivity index (χ3v) is 4.81. The number of nitrogens with one attached hydrogen (secondary N) is 2. The van der Waals surface area contributed by atoms with Gasteiger partial charge in [0, 0.05) is 32.0 Å². The van der Waals surface area contributed by atoms with Crippen LogP contribution in [0.4, 0.5) is 0 Å². The fourth-order valence-electron chi connectivity index (χ4n) is 3.21. The van der Waals surface area contributed by atoms with Gasteiger partial charge in [-0.05, 0) is 49.6 Å². The highest BCUT2D eigenvalue weighted by Gasteiger charge is 2.09. The Labute approximate surface area is 190 Å². The SMILES string of the molecule is CCNC(=NCc1ccc(Cn2ccnc2)cc1)NCC(O)c1ccc(OC(C)C)cc1. The number of nitrogens with zero attached hydrogens (tertiary/aromatic N) is 3. The van der Waals surface area contributed by atoms with Crippen molar-refractivity contribution in [3.05, 3.63) is 83.9 Å². The number of aliphatic hydroxyl groups excluding tert-OH is 1. The van der Waals surface area contributed by atoms with Gasteiger partial charge in [0.05, 0.1) is 25.1 Å². The molecule has 0 aliphatic heterocycles. The largest absolute Gasteiger partial charge is 0.491 e. The van der Waals surface area contributed by atoms with Crippen LogP contribution < -0.4 is 15.4 Å². The number of aromatic nitrogens is 2. The summed E-state index contributed by atoms with van der Waals surface area (Å²) in [6.07, 6.45) is 5.03. The molecule has 0 spiro atoms. The first-order chi connectivity index (χ1) is 15.5. The minimum absolute atomic E-state index is 0.124. The highest BCUT2D eigenvalue weighted by molar-refractivity contribution is 5.79. The second kappa shape index (κ2) is 11.9. The fourth-order valence-corrected chi connectivity index (χ4v) is 3.21. The molecular formula is C25H33N5O2. The van der Waals surface area contributed by atoms with Crippen molar-refractivity contribution >= 4 is 5.96 Å². The number of guanidine groups is 1. The van der Waals surface area contributed by atoms with Crippen molar-refractivity contribution in [2.75, 3.05) is 13.1 Å². The fraction of sp³-hybridized carbons (Fsp3) is 0.360. The molecule has 0 saturated carbocycles. The maximum Gasteiger partial charge on any atom is 0.191 e. The highest BCUT2D eigenvalue weighted by atomic mass is 16.5. The Morgan fingerprint density at radius 3 is 2.41 bits per heavy atom. The van der Waals surface area contributed by atoms with Crippen LogP contribution in [0, 0.1) is 0 Å². The standard InChI is InChI=1S/C25H33N5O2/c1-4-27-25(29-16-24(31)22-9-11-23(12-10-22)32-19(2)3)28-15-20-5-7-21(8-6-20)17-30-14-13-26-18-30/h5-14,18-19,24,31H,4,15-17H2,1-3H3,(H2,27,28,29). The van der Waals surface area contributed by atoms with E-state index in [1.807, 2.05) is 62.1 Å². The Balaban J connectivity index is 1.52. The van der Waals surface area contributed by atoms with E-state index in [4.69, 9.17) is 4.74 Å². The molecule has 32 heavy (non-hydrogen) atoms. The smallest absolute Gasteiger partial charge is 0.191 e. The van der Waals surface area contributed by atoms with Crippen molar-refractivity contribution < 1.29 is 9.84 Å². The number of benzene rings is 2. The zero-order valence-corrected chi connectivity index (χ0v) is 19.0. The van der Waals surface area contributed by atoms with E-state index in [0.717, 1.165) is 30.0 Å². The minimum Gasteiger partial charge on any atom is -0.491 e. The molecule has 0 radical (unpaired) electrons. The summed E-state index contributed by atoms with van der Waals surface area (Å²) < 4.78 is 7.69. The predicted molar refractivity (Wildman–Crippen MR) is 128 cm³/mol. The number of ether oxygens (including phenoxy) is 1. The Hall–Kier alpha value is -3.32. The summed E-state index contributed by atoms with van der Waals surface area (Å²) in [5.41, 5.74) is 3.17. The lowest BCUT2D eigenvalue weighted by molar-refractivity contribution is 0.180. The molecule has 0 fully saturated rings. The summed E-state index contributed by atoms with van der Waals surface area (Å²) in [4.78, 5) is 8.72. The quantitative estimate of drug-likeness (QED) is 0.335. The van der Waals surface area contributed by atoms with Gasteiger partial charge in [-0.15, -0.1) is 0 Å². The minimum atomic E-state index is -0.644. The summed E-state index contributed by atoms with van der Waals surface area (Å²) in [6.45, 7) is 8.46. The molecule has 0 bridgehead atoms. The van der Waals surface area contributed by atoms with Crippen LogP contribution in [0.25, 0.3) is 0 Å². The Bertz CT molecular complexity index is 951. The lowest BCUT2D eigenvalue weighted by atomic mass is 10.1. The van der Waals surface area contributed by atoms with Gasteiger partial charge in [0.25, 0.3) is 0 Å². The van der Waals surface area contributed by atoms with E-state index in [2.05, 4.69) is 44.9 Å². The van der Waals surface area contributed by atoms with Crippen molar-refractivity contribution in [3.63, 3.8) is 0 Å². The third-order valence-electron chi connectivity index (χ3n) is 4.81. The monoisotopic (exact) mass is 435 g/mol. The summed E-state index contributed by atoms with van der Waals surface area (Å²) in [5.74, 6) is 1.48. The third kappa shape index (κ3) is 7.42. The molecule has 0 saturated heterocycles. The van der Waals surface area contributed by atoms with E-state index in [-0.39, 0.29) is 6.10 Å². The van der Waals surface area contributed by atoms with Gasteiger partial charge < -0.3 is 25.0 Å². The molecule has 1 atom stereocenters. The number of aliphatic hydroxyl groups is 1. The molecule has 0 amide bonds. The first-order valence-electron chi connectivity index (χ1n) is 11.0. The zero-order chi connectivity index (χ0) is 22.8. The van der Waals surface area contributed by atoms with Gasteiger partial charge in [-0.1, -0.05) is 36.4 Å². The molecule has 1 heterocycles. The average molecular weight is 436 g/mol. The maximum atomic E-state index is 10.5. The molecule has 0 aliphatic rings. The molecular weight excluding hydrogens is 402 g/mol. The highest BCUT2D eigenvalue weighted by Crippen LogP contribution is 2.18. The van der Waals surface area contributed by atoms with Crippen LogP contribution in [0.15, 0.2) is 72.2 Å². The summed E-state index contributed by atoms with van der Waals surface area (Å²) in [7, 11) is 0. The number of hydrogen-bond donors (Lipinski definition) is 3. The molecule has 2 aromatic carbocycles. The first kappa shape index (κ1) is 23.3. The van der Waals surface area contributed by atoms with Crippen molar-refractivity contribution in [1.29, 1.82) is 0 Å². The van der Waals surface area contributed by atoms with Crippen LogP contribution in [0.1, 0.15) is 43.6 Å². The van der Waals surface area contributed by atoms with Gasteiger partial charge in [-0.3, -0.25) is 0 Å². The van der Waals surface area contributed by atoms with Crippen LogP contribution in [0.3, 0.4) is 0 Å². The van der Waals surface area contributed by atoms with Gasteiger partial charge >= 0.3 is 0 Å². The van der Waals surface area contributed by atoms with Crippen LogP contribution in [-0.4, -0.2) is 39.8 Å². The molecule has 1 unspecified atom stereocenters. The van der Waals surface area contributed by atoms with E-state index in [1.165, 1.54) is 5.56 Å². The lowest BCUT2D eigenvalue weighted by Crippen LogP contribution is -2.39. The number of hydrogen-bond acceptors (Lipinski definition) is 4. The van der Waals surface area contributed by atoms with E-state index in [0.29, 0.717) is 19.0 Å². The van der Waals surface area contributed by atoms with Crippen LogP contribution >= 0.6 is 0 Å². The topological polar surface area (TPSA) is 83.7 Å². The molecule has 3 aromatic rings. The van der Waals surface area contributed by atoms with Gasteiger partial charge in [0.2, 0.25) is 0 Å². The zero-order valence-electron chi connectivity index (χ0n) is 19.0. The van der Waals surface area contributed by atoms with Gasteiger partial charge in [0.15, 0.2) is 5.96 Å². The molecule has 7 heteroatoms. The molecule has 0 aliphatic carbocycles. The van der Waals surface area contributed by atoms with Crippen LogP contribution in [0.5, 0.6) is 5.75 Å². The van der Waals surface area contributed by atoms with Gasteiger partial charge in [-0.25, -0.2) is 9.98 Å². The number of rotatable bonds is 10. The molecule has 7 nitrogen and oxygen atoms in total. The lowest BCUT2D eigenvalue weighted by Gasteiger charge is -2.16. The Morgan fingerprint density at radius 2 is 1.78 bits per heavy atom. The molecule has 3 N–H and O–H groups in total. The van der Waals surface area contributed by atoms with Crippen LogP contribution in [0.2, 0.25) is 0 Å². The van der Waals surface area contributed by atoms with Gasteiger partial charge in [-0.2, -0.15) is 0 Å². The first-order valence-corrected chi connectivity index (χ1v) is 11.0. The average Bonchev–Trinajstić information content (AvgIpc) is 3.29. The molecule has 1 aromatic heterocycles. The summed E-state index contributed by atoms with van der Waals surface area (Å²) in [5, 5.41) is 17.0. The number of aliphatic imine (C=N–C) groups is 1. The van der Waals surface area contributed by atoms with Crippen molar-refractivity contribution in [2.45, 2.75) is 46.1 Å². The van der Waals surface area contributed by atoms with E-state index in [1.54, 1.807) is 6.20 Å². The van der Waals surface area contributed by atoms with Crippen LogP contribution in [-0.2, 0) is 13.1 Å². The number of imidazole rings is 1. The van der Waals surface area contributed by atoms with E-state index >= 15 is 0 Å². The second-order valence-electron chi connectivity index (χ2n) is 7.88. The van der Waals surface area contributed by atoms with E-state index < -0.39 is 6.10 Å².